The summed E-state index contributed by atoms with van der Waals surface area (Å²) in [5.41, 5.74) is 12.4. The molecule has 3 heterocycles. The lowest BCUT2D eigenvalue weighted by Crippen LogP contribution is -2.14. The summed E-state index contributed by atoms with van der Waals surface area (Å²) in [5.74, 6) is 0. The molecule has 3 N–H and O–H groups in total. The molecule has 21 heavy (non-hydrogen) atoms. The summed E-state index contributed by atoms with van der Waals surface area (Å²) in [6.45, 7) is 4.32. The second kappa shape index (κ2) is 5.83. The zero-order valence-electron chi connectivity index (χ0n) is 12.2. The Kier molecular flexibility index (Phi) is 3.73. The molecule has 0 aliphatic carbocycles. The third kappa shape index (κ3) is 2.42. The van der Waals surface area contributed by atoms with Crippen LogP contribution in [0.4, 0.5) is 0 Å². The number of H-pyrrole nitrogens is 1. The Hall–Kier alpha value is -2.56. The van der Waals surface area contributed by atoms with Crippen molar-refractivity contribution in [2.45, 2.75) is 26.7 Å². The fourth-order valence-electron chi connectivity index (χ4n) is 2.70. The standard InChI is InChI=1S/C16H19N3O2/c1-3-11-12(4-2)16(14-8-6-10-21-19-14)17-15(11)13-7-5-9-20-18-13/h5-10,17-19H,3-4H2,1-2H3. The number of aromatic amines is 1. The summed E-state index contributed by atoms with van der Waals surface area (Å²) in [6, 6.07) is 0. The minimum Gasteiger partial charge on any atom is -0.390 e. The highest BCUT2D eigenvalue weighted by Crippen LogP contribution is 2.29. The van der Waals surface area contributed by atoms with Crippen LogP contribution in [-0.4, -0.2) is 4.98 Å². The van der Waals surface area contributed by atoms with Crippen molar-refractivity contribution in [3.63, 3.8) is 0 Å². The van der Waals surface area contributed by atoms with Crippen LogP contribution in [0.3, 0.4) is 0 Å². The van der Waals surface area contributed by atoms with Gasteiger partial charge in [0.15, 0.2) is 0 Å². The van der Waals surface area contributed by atoms with Crippen LogP contribution in [0.1, 0.15) is 36.4 Å². The number of hydrogen-bond acceptors (Lipinski definition) is 4. The molecule has 3 rings (SSSR count). The van der Waals surface area contributed by atoms with Gasteiger partial charge in [-0.25, -0.2) is 11.0 Å². The van der Waals surface area contributed by atoms with E-state index in [1.165, 1.54) is 11.1 Å². The summed E-state index contributed by atoms with van der Waals surface area (Å²) >= 11 is 0. The summed E-state index contributed by atoms with van der Waals surface area (Å²) in [5, 5.41) is 0. The van der Waals surface area contributed by atoms with Crippen molar-refractivity contribution in [2.75, 3.05) is 0 Å². The van der Waals surface area contributed by atoms with E-state index in [-0.39, 0.29) is 0 Å². The van der Waals surface area contributed by atoms with E-state index in [4.69, 9.17) is 9.68 Å². The van der Waals surface area contributed by atoms with Gasteiger partial charge < -0.3 is 14.7 Å². The molecule has 0 atom stereocenters. The summed E-state index contributed by atoms with van der Waals surface area (Å²) in [4.78, 5) is 13.9. The van der Waals surface area contributed by atoms with Gasteiger partial charge in [-0.2, -0.15) is 0 Å². The van der Waals surface area contributed by atoms with Crippen molar-refractivity contribution < 1.29 is 9.68 Å². The number of rotatable bonds is 4. The fourth-order valence-corrected chi connectivity index (χ4v) is 2.70. The third-order valence-corrected chi connectivity index (χ3v) is 3.62. The Labute approximate surface area is 123 Å². The maximum atomic E-state index is 5.18. The molecular weight excluding hydrogens is 266 g/mol. The third-order valence-electron chi connectivity index (χ3n) is 3.62. The van der Waals surface area contributed by atoms with Gasteiger partial charge in [-0.15, -0.1) is 0 Å². The fraction of sp³-hybridized carbons (Fsp3) is 0.250. The van der Waals surface area contributed by atoms with Crippen molar-refractivity contribution in [3.05, 3.63) is 59.3 Å². The molecular formula is C16H19N3O2. The SMILES string of the molecule is CCc1c(C2=CC=CON2)[nH]c(C2=CC=CON2)c1CC. The van der Waals surface area contributed by atoms with Crippen LogP contribution >= 0.6 is 0 Å². The van der Waals surface area contributed by atoms with Crippen LogP contribution in [-0.2, 0) is 22.5 Å². The largest absolute Gasteiger partial charge is 0.390 e. The average Bonchev–Trinajstić information content (AvgIpc) is 2.95. The van der Waals surface area contributed by atoms with Gasteiger partial charge in [0.2, 0.25) is 0 Å². The highest BCUT2D eigenvalue weighted by molar-refractivity contribution is 5.74. The Bertz CT molecular complexity index is 596. The number of aromatic nitrogens is 1. The highest BCUT2D eigenvalue weighted by Gasteiger charge is 2.21. The van der Waals surface area contributed by atoms with Gasteiger partial charge in [0.05, 0.1) is 22.8 Å². The predicted molar refractivity (Wildman–Crippen MR) is 82.2 cm³/mol. The predicted octanol–water partition coefficient (Wildman–Crippen LogP) is 2.92. The monoisotopic (exact) mass is 285 g/mol. The first-order chi connectivity index (χ1) is 10.3. The first-order valence-corrected chi connectivity index (χ1v) is 7.16. The van der Waals surface area contributed by atoms with E-state index in [1.807, 2.05) is 24.3 Å². The summed E-state index contributed by atoms with van der Waals surface area (Å²) < 4.78 is 0. The molecule has 0 amide bonds. The van der Waals surface area contributed by atoms with Gasteiger partial charge >= 0.3 is 0 Å². The molecule has 0 saturated heterocycles. The Morgan fingerprint density at radius 2 is 1.29 bits per heavy atom. The molecule has 0 fully saturated rings. The molecule has 0 spiro atoms. The molecule has 0 aromatic carbocycles. The van der Waals surface area contributed by atoms with Crippen molar-refractivity contribution in [3.8, 4) is 0 Å². The molecule has 1 aromatic rings. The number of hydroxylamine groups is 2. The Balaban J connectivity index is 2.10. The Morgan fingerprint density at radius 3 is 1.62 bits per heavy atom. The molecule has 5 heteroatoms. The lowest BCUT2D eigenvalue weighted by molar-refractivity contribution is 0.181. The van der Waals surface area contributed by atoms with Crippen molar-refractivity contribution in [1.82, 2.24) is 15.9 Å². The molecule has 2 aliphatic rings. The van der Waals surface area contributed by atoms with E-state index < -0.39 is 0 Å². The van der Waals surface area contributed by atoms with Gasteiger partial charge in [0.25, 0.3) is 0 Å². The van der Waals surface area contributed by atoms with E-state index >= 15 is 0 Å². The highest BCUT2D eigenvalue weighted by atomic mass is 16.6. The molecule has 0 unspecified atom stereocenters. The smallest absolute Gasteiger partial charge is 0.119 e. The maximum absolute atomic E-state index is 5.18. The van der Waals surface area contributed by atoms with Crippen LogP contribution in [0.2, 0.25) is 0 Å². The minimum absolute atomic E-state index is 0.933. The first-order valence-electron chi connectivity index (χ1n) is 7.16. The lowest BCUT2D eigenvalue weighted by atomic mass is 10.0. The van der Waals surface area contributed by atoms with E-state index in [2.05, 4.69) is 29.8 Å². The topological polar surface area (TPSA) is 58.3 Å². The quantitative estimate of drug-likeness (QED) is 0.796. The summed E-state index contributed by atoms with van der Waals surface area (Å²) in [6.07, 6.45) is 12.9. The number of hydrogen-bond donors (Lipinski definition) is 3. The normalized spacial score (nSPS) is 16.3. The molecule has 0 saturated carbocycles. The van der Waals surface area contributed by atoms with E-state index in [1.54, 1.807) is 12.5 Å². The zero-order chi connectivity index (χ0) is 14.7. The van der Waals surface area contributed by atoms with Crippen LogP contribution in [0, 0.1) is 0 Å². The maximum Gasteiger partial charge on any atom is 0.119 e. The number of nitrogens with one attached hydrogen (secondary N) is 3. The van der Waals surface area contributed by atoms with Crippen molar-refractivity contribution in [1.29, 1.82) is 0 Å². The van der Waals surface area contributed by atoms with Gasteiger partial charge in [-0.3, -0.25) is 0 Å². The van der Waals surface area contributed by atoms with E-state index in [0.717, 1.165) is 35.6 Å². The number of allylic oxidation sites excluding steroid dienone is 4. The minimum atomic E-state index is 0.933. The summed E-state index contributed by atoms with van der Waals surface area (Å²) in [7, 11) is 0. The first kappa shape index (κ1) is 13.4. The van der Waals surface area contributed by atoms with Gasteiger partial charge in [-0.05, 0) is 48.3 Å². The Morgan fingerprint density at radius 1 is 0.810 bits per heavy atom. The zero-order valence-corrected chi connectivity index (χ0v) is 12.2. The van der Waals surface area contributed by atoms with Crippen LogP contribution in [0.5, 0.6) is 0 Å². The van der Waals surface area contributed by atoms with E-state index in [9.17, 15) is 0 Å². The molecule has 110 valence electrons. The molecule has 0 radical (unpaired) electrons. The lowest BCUT2D eigenvalue weighted by Gasteiger charge is -2.13. The van der Waals surface area contributed by atoms with Crippen LogP contribution in [0.15, 0.2) is 36.8 Å². The van der Waals surface area contributed by atoms with Crippen molar-refractivity contribution >= 4 is 11.4 Å². The van der Waals surface area contributed by atoms with Crippen LogP contribution < -0.4 is 11.0 Å². The molecule has 2 aliphatic heterocycles. The van der Waals surface area contributed by atoms with Gasteiger partial charge in [0, 0.05) is 0 Å². The van der Waals surface area contributed by atoms with E-state index in [0.29, 0.717) is 0 Å². The van der Waals surface area contributed by atoms with Gasteiger partial charge in [-0.1, -0.05) is 13.8 Å². The average molecular weight is 285 g/mol. The second-order valence-corrected chi connectivity index (χ2v) is 4.80. The molecule has 1 aromatic heterocycles. The second-order valence-electron chi connectivity index (χ2n) is 4.80. The van der Waals surface area contributed by atoms with Gasteiger partial charge in [0.1, 0.15) is 12.5 Å². The van der Waals surface area contributed by atoms with Crippen molar-refractivity contribution in [2.24, 2.45) is 0 Å². The molecule has 5 nitrogen and oxygen atoms in total. The van der Waals surface area contributed by atoms with Crippen LogP contribution in [0.25, 0.3) is 11.4 Å². The molecule has 0 bridgehead atoms.